The van der Waals surface area contributed by atoms with E-state index >= 15 is 0 Å². The van der Waals surface area contributed by atoms with Crippen molar-refractivity contribution < 1.29 is 13.9 Å². The third-order valence-electron chi connectivity index (χ3n) is 3.77. The van der Waals surface area contributed by atoms with E-state index < -0.39 is 0 Å². The molecule has 2 rings (SSSR count). The molecule has 0 heterocycles. The lowest BCUT2D eigenvalue weighted by Crippen LogP contribution is -2.36. The number of hydrogen-bond donors (Lipinski definition) is 2. The van der Waals surface area contributed by atoms with E-state index in [1.165, 1.54) is 12.1 Å². The summed E-state index contributed by atoms with van der Waals surface area (Å²) in [7, 11) is 3.77. The van der Waals surface area contributed by atoms with Crippen LogP contribution in [0.25, 0.3) is 0 Å². The Morgan fingerprint density at radius 1 is 1.27 bits per heavy atom. The van der Waals surface area contributed by atoms with E-state index in [1.54, 1.807) is 36.4 Å². The van der Waals surface area contributed by atoms with Crippen LogP contribution in [0.5, 0.6) is 5.75 Å². The molecule has 0 fully saturated rings. The predicted octanol–water partition coefficient (Wildman–Crippen LogP) is 3.81. The number of hydrogen-bond acceptors (Lipinski definition) is 3. The number of anilines is 1. The van der Waals surface area contributed by atoms with E-state index in [4.69, 9.17) is 4.74 Å². The van der Waals surface area contributed by atoms with Crippen molar-refractivity contribution >= 4 is 11.7 Å². The van der Waals surface area contributed by atoms with Crippen LogP contribution >= 0.6 is 0 Å². The summed E-state index contributed by atoms with van der Waals surface area (Å²) in [5, 5.41) is 5.59. The monoisotopic (exact) mass is 357 g/mol. The van der Waals surface area contributed by atoms with E-state index in [2.05, 4.69) is 17.2 Å². The van der Waals surface area contributed by atoms with Crippen LogP contribution in [-0.4, -0.2) is 38.2 Å². The molecule has 5 nitrogen and oxygen atoms in total. The number of rotatable bonds is 8. The molecule has 2 aromatic carbocycles. The zero-order valence-electron chi connectivity index (χ0n) is 15.0. The van der Waals surface area contributed by atoms with Gasteiger partial charge in [0.05, 0.1) is 6.04 Å². The summed E-state index contributed by atoms with van der Waals surface area (Å²) in [6, 6.07) is 13.0. The minimum absolute atomic E-state index is 0.140. The van der Waals surface area contributed by atoms with Crippen molar-refractivity contribution in [2.24, 2.45) is 0 Å². The minimum Gasteiger partial charge on any atom is -0.489 e. The molecule has 0 saturated carbocycles. The summed E-state index contributed by atoms with van der Waals surface area (Å²) in [5.41, 5.74) is 1.42. The number of benzene rings is 2. The lowest BCUT2D eigenvalue weighted by Gasteiger charge is -2.25. The van der Waals surface area contributed by atoms with Crippen LogP contribution in [0.4, 0.5) is 14.9 Å². The second kappa shape index (κ2) is 9.58. The highest BCUT2D eigenvalue weighted by Crippen LogP contribution is 2.19. The molecule has 0 bridgehead atoms. The molecule has 0 aliphatic rings. The molecule has 26 heavy (non-hydrogen) atoms. The number of nitrogens with zero attached hydrogens (tertiary/aromatic N) is 1. The smallest absolute Gasteiger partial charge is 0.319 e. The fraction of sp³-hybridized carbons (Fsp3) is 0.250. The van der Waals surface area contributed by atoms with E-state index in [1.807, 2.05) is 25.1 Å². The van der Waals surface area contributed by atoms with E-state index in [0.29, 0.717) is 24.6 Å². The number of amides is 2. The van der Waals surface area contributed by atoms with Gasteiger partial charge in [0, 0.05) is 18.3 Å². The van der Waals surface area contributed by atoms with Crippen LogP contribution in [0.1, 0.15) is 11.6 Å². The van der Waals surface area contributed by atoms with Crippen molar-refractivity contribution in [2.45, 2.75) is 6.04 Å². The molecule has 1 unspecified atom stereocenters. The van der Waals surface area contributed by atoms with Gasteiger partial charge >= 0.3 is 6.03 Å². The third-order valence-corrected chi connectivity index (χ3v) is 3.77. The zero-order valence-corrected chi connectivity index (χ0v) is 15.0. The number of halogens is 1. The Bertz CT molecular complexity index is 749. The SMILES string of the molecule is C=CCOc1cccc(NC(=O)NCC(c2cccc(F)c2)N(C)C)c1. The molecule has 2 amide bonds. The summed E-state index contributed by atoms with van der Waals surface area (Å²) in [5.74, 6) is 0.351. The maximum absolute atomic E-state index is 13.5. The molecule has 0 aliphatic heterocycles. The number of likely N-dealkylation sites (N-methyl/N-ethyl adjacent to an activating group) is 1. The van der Waals surface area contributed by atoms with Crippen LogP contribution < -0.4 is 15.4 Å². The van der Waals surface area contributed by atoms with E-state index in [9.17, 15) is 9.18 Å². The summed E-state index contributed by atoms with van der Waals surface area (Å²) in [4.78, 5) is 14.1. The van der Waals surface area contributed by atoms with Gasteiger partial charge in [0.2, 0.25) is 0 Å². The fourth-order valence-electron chi connectivity index (χ4n) is 2.50. The minimum atomic E-state index is -0.339. The van der Waals surface area contributed by atoms with Gasteiger partial charge in [0.1, 0.15) is 18.2 Å². The predicted molar refractivity (Wildman–Crippen MR) is 102 cm³/mol. The highest BCUT2D eigenvalue weighted by molar-refractivity contribution is 5.89. The average Bonchev–Trinajstić information content (AvgIpc) is 2.60. The fourth-order valence-corrected chi connectivity index (χ4v) is 2.50. The summed E-state index contributed by atoms with van der Waals surface area (Å²) in [6.45, 7) is 4.34. The van der Waals surface area contributed by atoms with Crippen molar-refractivity contribution in [3.8, 4) is 5.75 Å². The van der Waals surface area contributed by atoms with E-state index in [-0.39, 0.29) is 17.9 Å². The Hall–Kier alpha value is -2.86. The summed E-state index contributed by atoms with van der Waals surface area (Å²) >= 11 is 0. The topological polar surface area (TPSA) is 53.6 Å². The van der Waals surface area contributed by atoms with E-state index in [0.717, 1.165) is 5.56 Å². The van der Waals surface area contributed by atoms with Gasteiger partial charge in [0.25, 0.3) is 0 Å². The summed E-state index contributed by atoms with van der Waals surface area (Å²) < 4.78 is 18.9. The number of nitrogens with one attached hydrogen (secondary N) is 2. The normalized spacial score (nSPS) is 11.7. The molecule has 0 aromatic heterocycles. The average molecular weight is 357 g/mol. The number of carbonyl (C=O) groups excluding carboxylic acids is 1. The van der Waals surface area contributed by atoms with Crippen LogP contribution in [0.2, 0.25) is 0 Å². The van der Waals surface area contributed by atoms with Crippen molar-refractivity contribution in [3.63, 3.8) is 0 Å². The van der Waals surface area contributed by atoms with Crippen molar-refractivity contribution in [1.29, 1.82) is 0 Å². The Labute approximate surface area is 153 Å². The molecule has 1 atom stereocenters. The maximum atomic E-state index is 13.5. The molecule has 2 aromatic rings. The zero-order chi connectivity index (χ0) is 18.9. The number of carbonyl (C=O) groups is 1. The van der Waals surface area contributed by atoms with Crippen LogP contribution in [0, 0.1) is 5.82 Å². The molecule has 0 saturated heterocycles. The Morgan fingerprint density at radius 2 is 2.04 bits per heavy atom. The van der Waals surface area contributed by atoms with Gasteiger partial charge in [-0.25, -0.2) is 9.18 Å². The number of urea groups is 1. The highest BCUT2D eigenvalue weighted by Gasteiger charge is 2.16. The molecule has 6 heteroatoms. The van der Waals surface area contributed by atoms with Gasteiger partial charge in [0.15, 0.2) is 0 Å². The molecular formula is C20H24FN3O2. The largest absolute Gasteiger partial charge is 0.489 e. The van der Waals surface area contributed by atoms with Gasteiger partial charge in [-0.05, 0) is 43.9 Å². The first-order valence-electron chi connectivity index (χ1n) is 8.30. The lowest BCUT2D eigenvalue weighted by molar-refractivity contribution is 0.243. The van der Waals surface area contributed by atoms with Gasteiger partial charge in [-0.15, -0.1) is 0 Å². The van der Waals surface area contributed by atoms with Crippen molar-refractivity contribution in [3.05, 3.63) is 72.6 Å². The first kappa shape index (κ1) is 19.5. The molecule has 0 aliphatic carbocycles. The van der Waals surface area contributed by atoms with Crippen LogP contribution in [0.3, 0.4) is 0 Å². The van der Waals surface area contributed by atoms with Crippen LogP contribution in [-0.2, 0) is 0 Å². The first-order valence-corrected chi connectivity index (χ1v) is 8.30. The van der Waals surface area contributed by atoms with Gasteiger partial charge in [-0.1, -0.05) is 30.9 Å². The maximum Gasteiger partial charge on any atom is 0.319 e. The molecular weight excluding hydrogens is 333 g/mol. The van der Waals surface area contributed by atoms with Gasteiger partial charge < -0.3 is 20.3 Å². The molecule has 0 spiro atoms. The molecule has 2 N–H and O–H groups in total. The standard InChI is InChI=1S/C20H24FN3O2/c1-4-11-26-18-10-6-9-17(13-18)23-20(25)22-14-19(24(2)3)15-7-5-8-16(21)12-15/h4-10,12-13,19H,1,11,14H2,2-3H3,(H2,22,23,25). The Balaban J connectivity index is 1.95. The van der Waals surface area contributed by atoms with Gasteiger partial charge in [-0.2, -0.15) is 0 Å². The van der Waals surface area contributed by atoms with Crippen molar-refractivity contribution in [2.75, 3.05) is 32.6 Å². The molecule has 0 radical (unpaired) electrons. The first-order chi connectivity index (χ1) is 12.5. The lowest BCUT2D eigenvalue weighted by atomic mass is 10.1. The Morgan fingerprint density at radius 3 is 2.73 bits per heavy atom. The second-order valence-electron chi connectivity index (χ2n) is 6.00. The van der Waals surface area contributed by atoms with Crippen molar-refractivity contribution in [1.82, 2.24) is 10.2 Å². The van der Waals surface area contributed by atoms with Gasteiger partial charge in [-0.3, -0.25) is 0 Å². The highest BCUT2D eigenvalue weighted by atomic mass is 19.1. The second-order valence-corrected chi connectivity index (χ2v) is 6.00. The third kappa shape index (κ3) is 5.89. The number of ether oxygens (including phenoxy) is 1. The summed E-state index contributed by atoms with van der Waals surface area (Å²) in [6.07, 6.45) is 1.65. The quantitative estimate of drug-likeness (QED) is 0.706. The Kier molecular flexibility index (Phi) is 7.17. The molecule has 138 valence electrons. The van der Waals surface area contributed by atoms with Crippen LogP contribution in [0.15, 0.2) is 61.2 Å².